The fourth-order valence-corrected chi connectivity index (χ4v) is 7.81. The van der Waals surface area contributed by atoms with Crippen molar-refractivity contribution in [2.75, 3.05) is 99.8 Å². The SMILES string of the molecule is CCN1CCN(C(=O)c2ccc(C)c(NC(=O)N3CCc4c(-c5cnc(N(Cc6ccc(OC)cc6)Cc6ccc(OC)cc6)nc5)nc(N5CCOCC5)nc43)c2)CC1. The summed E-state index contributed by atoms with van der Waals surface area (Å²) in [7, 11) is 3.32. The highest BCUT2D eigenvalue weighted by Gasteiger charge is 2.33. The van der Waals surface area contributed by atoms with Crippen LogP contribution in [0.1, 0.15) is 39.5 Å². The number of methoxy groups -OCH3 is 2. The Kier molecular flexibility index (Phi) is 12.3. The van der Waals surface area contributed by atoms with Gasteiger partial charge in [-0.1, -0.05) is 37.3 Å². The van der Waals surface area contributed by atoms with E-state index in [1.165, 1.54) is 0 Å². The second kappa shape index (κ2) is 18.3. The third kappa shape index (κ3) is 8.97. The molecule has 0 radical (unpaired) electrons. The average molecular weight is 813 g/mol. The molecule has 60 heavy (non-hydrogen) atoms. The number of rotatable bonds is 12. The lowest BCUT2D eigenvalue weighted by atomic mass is 10.1. The monoisotopic (exact) mass is 812 g/mol. The number of aryl methyl sites for hydroxylation is 1. The molecule has 2 saturated heterocycles. The van der Waals surface area contributed by atoms with Crippen LogP contribution in [0.3, 0.4) is 0 Å². The van der Waals surface area contributed by atoms with Gasteiger partial charge in [0.15, 0.2) is 0 Å². The average Bonchev–Trinajstić information content (AvgIpc) is 3.74. The van der Waals surface area contributed by atoms with Gasteiger partial charge in [-0.25, -0.2) is 19.7 Å². The van der Waals surface area contributed by atoms with Crippen LogP contribution < -0.4 is 29.5 Å². The minimum absolute atomic E-state index is 0.0295. The van der Waals surface area contributed by atoms with Crippen LogP contribution in [0, 0.1) is 6.92 Å². The van der Waals surface area contributed by atoms with Crippen LogP contribution in [-0.2, 0) is 24.2 Å². The number of nitrogens with zero attached hydrogens (tertiary/aromatic N) is 9. The predicted octanol–water partition coefficient (Wildman–Crippen LogP) is 5.67. The standard InChI is InChI=1S/C45H52N10O5/c1-5-51-18-20-52(21-19-51)42(56)34-11-6-31(2)39(26-34)48-45(57)55-17-16-38-40(49-44(50-41(38)55)53-22-24-60-25-23-53)35-27-46-43(47-28-35)54(29-32-7-12-36(58-3)13-8-32)30-33-9-14-37(59-4)15-10-33/h6-15,26-28H,5,16-25,29-30H2,1-4H3,(H,48,57). The van der Waals surface area contributed by atoms with Gasteiger partial charge >= 0.3 is 6.03 Å². The Balaban J connectivity index is 1.07. The van der Waals surface area contributed by atoms with Crippen LogP contribution in [0.15, 0.2) is 79.1 Å². The third-order valence-electron chi connectivity index (χ3n) is 11.4. The number of benzene rings is 3. The fraction of sp³-hybridized carbons (Fsp3) is 0.378. The predicted molar refractivity (Wildman–Crippen MR) is 231 cm³/mol. The summed E-state index contributed by atoms with van der Waals surface area (Å²) in [5.74, 6) is 3.17. The van der Waals surface area contributed by atoms with Crippen molar-refractivity contribution in [3.63, 3.8) is 0 Å². The molecule has 0 atom stereocenters. The Labute approximate surface area is 350 Å². The zero-order valence-corrected chi connectivity index (χ0v) is 34.8. The van der Waals surface area contributed by atoms with E-state index < -0.39 is 0 Å². The highest BCUT2D eigenvalue weighted by Crippen LogP contribution is 2.36. The van der Waals surface area contributed by atoms with Gasteiger partial charge in [0.05, 0.1) is 33.1 Å². The zero-order valence-electron chi connectivity index (χ0n) is 34.8. The summed E-state index contributed by atoms with van der Waals surface area (Å²) in [6.45, 7) is 12.0. The lowest BCUT2D eigenvalue weighted by molar-refractivity contribution is 0.0643. The van der Waals surface area contributed by atoms with Crippen LogP contribution >= 0.6 is 0 Å². The molecule has 5 aromatic rings. The van der Waals surface area contributed by atoms with Crippen LogP contribution in [-0.4, -0.2) is 121 Å². The molecule has 8 rings (SSSR count). The summed E-state index contributed by atoms with van der Waals surface area (Å²) in [6.07, 6.45) is 4.16. The van der Waals surface area contributed by atoms with Gasteiger partial charge in [-0.15, -0.1) is 0 Å². The van der Waals surface area contributed by atoms with Crippen LogP contribution in [0.25, 0.3) is 11.3 Å². The maximum Gasteiger partial charge on any atom is 0.327 e. The minimum atomic E-state index is -0.324. The summed E-state index contributed by atoms with van der Waals surface area (Å²) < 4.78 is 16.4. The quantitative estimate of drug-likeness (QED) is 0.166. The first kappa shape index (κ1) is 40.5. The van der Waals surface area contributed by atoms with E-state index in [1.54, 1.807) is 37.6 Å². The molecule has 15 nitrogen and oxygen atoms in total. The maximum absolute atomic E-state index is 14.2. The number of anilines is 4. The number of ether oxygens (including phenoxy) is 3. The summed E-state index contributed by atoms with van der Waals surface area (Å²) in [6, 6.07) is 21.2. The van der Waals surface area contributed by atoms with Crippen molar-refractivity contribution < 1.29 is 23.8 Å². The topological polar surface area (TPSA) is 142 Å². The number of urea groups is 1. The van der Waals surface area contributed by atoms with E-state index in [2.05, 4.69) is 26.9 Å². The number of hydrogen-bond donors (Lipinski definition) is 1. The van der Waals surface area contributed by atoms with Crippen molar-refractivity contribution in [3.8, 4) is 22.8 Å². The lowest BCUT2D eigenvalue weighted by Crippen LogP contribution is -2.48. The van der Waals surface area contributed by atoms with E-state index in [0.29, 0.717) is 100 Å². The largest absolute Gasteiger partial charge is 0.497 e. The Morgan fingerprint density at radius 3 is 2.03 bits per heavy atom. The second-order valence-electron chi connectivity index (χ2n) is 15.2. The van der Waals surface area contributed by atoms with Crippen LogP contribution in [0.4, 0.5) is 28.2 Å². The number of amides is 3. The molecule has 0 unspecified atom stereocenters. The number of nitrogens with one attached hydrogen (secondary N) is 1. The number of carbonyl (C=O) groups is 2. The fourth-order valence-electron chi connectivity index (χ4n) is 7.81. The molecule has 3 aliphatic heterocycles. The van der Waals surface area contributed by atoms with Crippen molar-refractivity contribution in [3.05, 3.63) is 107 Å². The molecule has 0 bridgehead atoms. The number of likely N-dealkylation sites (N-methyl/N-ethyl adjacent to an activating group) is 1. The zero-order chi connectivity index (χ0) is 41.6. The van der Waals surface area contributed by atoms with Gasteiger partial charge < -0.3 is 39.1 Å². The van der Waals surface area contributed by atoms with Gasteiger partial charge in [0.2, 0.25) is 11.9 Å². The summed E-state index contributed by atoms with van der Waals surface area (Å²) in [5, 5.41) is 3.11. The maximum atomic E-state index is 14.2. The molecule has 0 spiro atoms. The molecule has 312 valence electrons. The van der Waals surface area contributed by atoms with Crippen molar-refractivity contribution in [1.82, 2.24) is 29.7 Å². The highest BCUT2D eigenvalue weighted by atomic mass is 16.5. The van der Waals surface area contributed by atoms with E-state index >= 15 is 0 Å². The molecule has 0 saturated carbocycles. The number of piperazine rings is 1. The van der Waals surface area contributed by atoms with Gasteiger partial charge in [0.25, 0.3) is 5.91 Å². The van der Waals surface area contributed by atoms with Crippen molar-refractivity contribution in [1.29, 1.82) is 0 Å². The number of hydrogen-bond acceptors (Lipinski definition) is 12. The normalized spacial score (nSPS) is 15.4. The van der Waals surface area contributed by atoms with E-state index in [0.717, 1.165) is 59.0 Å². The highest BCUT2D eigenvalue weighted by molar-refractivity contribution is 6.04. The molecular weight excluding hydrogens is 761 g/mol. The summed E-state index contributed by atoms with van der Waals surface area (Å²) >= 11 is 0. The van der Waals surface area contributed by atoms with E-state index in [1.807, 2.05) is 72.5 Å². The smallest absolute Gasteiger partial charge is 0.327 e. The Morgan fingerprint density at radius 1 is 0.800 bits per heavy atom. The number of aromatic nitrogens is 4. The number of fused-ring (bicyclic) bond motifs is 1. The van der Waals surface area contributed by atoms with Gasteiger partial charge in [-0.05, 0) is 73.0 Å². The molecule has 3 aliphatic rings. The van der Waals surface area contributed by atoms with Gasteiger partial charge in [0.1, 0.15) is 17.3 Å². The van der Waals surface area contributed by atoms with E-state index in [9.17, 15) is 9.59 Å². The Bertz CT molecular complexity index is 2230. The Morgan fingerprint density at radius 2 is 1.43 bits per heavy atom. The molecule has 2 aromatic heterocycles. The minimum Gasteiger partial charge on any atom is -0.497 e. The summed E-state index contributed by atoms with van der Waals surface area (Å²) in [5.41, 5.74) is 6.42. The van der Waals surface area contributed by atoms with Gasteiger partial charge in [-0.2, -0.15) is 4.98 Å². The first-order chi connectivity index (χ1) is 29.3. The van der Waals surface area contributed by atoms with Gasteiger partial charge in [0, 0.05) is 93.7 Å². The van der Waals surface area contributed by atoms with Crippen molar-refractivity contribution in [2.24, 2.45) is 0 Å². The molecule has 1 N–H and O–H groups in total. The van der Waals surface area contributed by atoms with Crippen molar-refractivity contribution in [2.45, 2.75) is 33.4 Å². The third-order valence-corrected chi connectivity index (χ3v) is 11.4. The van der Waals surface area contributed by atoms with Gasteiger partial charge in [-0.3, -0.25) is 9.69 Å². The van der Waals surface area contributed by atoms with Crippen molar-refractivity contribution >= 4 is 35.3 Å². The lowest BCUT2D eigenvalue weighted by Gasteiger charge is -2.34. The van der Waals surface area contributed by atoms with E-state index in [-0.39, 0.29) is 11.9 Å². The van der Waals surface area contributed by atoms with Crippen LogP contribution in [0.5, 0.6) is 11.5 Å². The van der Waals surface area contributed by atoms with E-state index in [4.69, 9.17) is 34.1 Å². The number of morpholine rings is 1. The second-order valence-corrected chi connectivity index (χ2v) is 15.2. The van der Waals surface area contributed by atoms with Crippen LogP contribution in [0.2, 0.25) is 0 Å². The molecule has 3 amide bonds. The molecule has 5 heterocycles. The first-order valence-electron chi connectivity index (χ1n) is 20.6. The molecular formula is C45H52N10O5. The molecule has 0 aliphatic carbocycles. The first-order valence-corrected chi connectivity index (χ1v) is 20.6. The molecule has 3 aromatic carbocycles. The molecule has 15 heteroatoms. The summed E-state index contributed by atoms with van der Waals surface area (Å²) in [4.78, 5) is 57.7. The molecule has 2 fully saturated rings. The Hall–Kier alpha value is -6.32. The number of carbonyl (C=O) groups excluding carboxylic acids is 2.